The van der Waals surface area contributed by atoms with Gasteiger partial charge in [0.2, 0.25) is 0 Å². The van der Waals surface area contributed by atoms with Crippen molar-refractivity contribution in [2.75, 3.05) is 28.2 Å². The van der Waals surface area contributed by atoms with Crippen LogP contribution in [0.4, 0.5) is 17.1 Å². The van der Waals surface area contributed by atoms with Crippen molar-refractivity contribution in [1.82, 2.24) is 0 Å². The molecule has 2 amide bonds. The van der Waals surface area contributed by atoms with Crippen molar-refractivity contribution in [2.24, 2.45) is 0 Å². The molecule has 0 unspecified atom stereocenters. The number of sulfonamides is 1. The Bertz CT molecular complexity index is 1750. The summed E-state index contributed by atoms with van der Waals surface area (Å²) in [6, 6.07) is 25.8. The van der Waals surface area contributed by atoms with Crippen LogP contribution in [-0.4, -0.2) is 39.9 Å². The standard InChI is InChI=1S/C32H29N3O5S/c1-21-18-25-19-24(11-15-29(25)35(21)41(38,39)28-6-4-3-5-7-28)31(36)33-26-12-8-22-16-17-34(30(22)20-26)32(37)23-9-13-27(40-2)14-10-23/h3-15,19-21H,16-18H2,1-2H3,(H,33,36)/t21-/m1/s1. The van der Waals surface area contributed by atoms with Gasteiger partial charge in [-0.1, -0.05) is 24.3 Å². The molecule has 0 spiro atoms. The molecule has 2 heterocycles. The fourth-order valence-electron chi connectivity index (χ4n) is 5.58. The van der Waals surface area contributed by atoms with E-state index in [4.69, 9.17) is 4.74 Å². The number of amides is 2. The molecule has 2 aliphatic heterocycles. The fourth-order valence-corrected chi connectivity index (χ4v) is 7.29. The molecule has 1 N–H and O–H groups in total. The molecule has 0 aliphatic carbocycles. The van der Waals surface area contributed by atoms with Gasteiger partial charge in [-0.25, -0.2) is 8.42 Å². The lowest BCUT2D eigenvalue weighted by Crippen LogP contribution is -2.35. The van der Waals surface area contributed by atoms with Gasteiger partial charge >= 0.3 is 0 Å². The van der Waals surface area contributed by atoms with E-state index >= 15 is 0 Å². The van der Waals surface area contributed by atoms with Gasteiger partial charge in [0.25, 0.3) is 21.8 Å². The molecule has 0 fully saturated rings. The highest BCUT2D eigenvalue weighted by atomic mass is 32.2. The van der Waals surface area contributed by atoms with Crippen molar-refractivity contribution in [1.29, 1.82) is 0 Å². The van der Waals surface area contributed by atoms with Crippen LogP contribution >= 0.6 is 0 Å². The molecular weight excluding hydrogens is 538 g/mol. The van der Waals surface area contributed by atoms with E-state index in [0.717, 1.165) is 23.2 Å². The number of nitrogens with zero attached hydrogens (tertiary/aromatic N) is 2. The largest absolute Gasteiger partial charge is 0.497 e. The molecule has 0 bridgehead atoms. The average Bonchev–Trinajstić information content (AvgIpc) is 3.57. The lowest BCUT2D eigenvalue weighted by atomic mass is 10.1. The monoisotopic (exact) mass is 567 g/mol. The van der Waals surface area contributed by atoms with E-state index in [-0.39, 0.29) is 22.8 Å². The summed E-state index contributed by atoms with van der Waals surface area (Å²) >= 11 is 0. The normalized spacial score (nSPS) is 15.8. The summed E-state index contributed by atoms with van der Waals surface area (Å²) in [5, 5.41) is 2.95. The van der Waals surface area contributed by atoms with Gasteiger partial charge in [-0.2, -0.15) is 0 Å². The molecule has 8 nitrogen and oxygen atoms in total. The highest BCUT2D eigenvalue weighted by Gasteiger charge is 2.36. The summed E-state index contributed by atoms with van der Waals surface area (Å²) in [4.78, 5) is 28.5. The molecule has 0 saturated carbocycles. The van der Waals surface area contributed by atoms with Gasteiger partial charge in [-0.05, 0) is 97.6 Å². The van der Waals surface area contributed by atoms with Crippen molar-refractivity contribution >= 4 is 38.9 Å². The van der Waals surface area contributed by atoms with E-state index in [1.54, 1.807) is 84.8 Å². The SMILES string of the molecule is COc1ccc(C(=O)N2CCc3ccc(NC(=O)c4ccc5c(c4)C[C@@H](C)N5S(=O)(=O)c4ccccc4)cc32)cc1. The molecule has 41 heavy (non-hydrogen) atoms. The zero-order chi connectivity index (χ0) is 28.7. The third-order valence-electron chi connectivity index (χ3n) is 7.62. The second-order valence-corrected chi connectivity index (χ2v) is 12.1. The predicted octanol–water partition coefficient (Wildman–Crippen LogP) is 5.29. The highest BCUT2D eigenvalue weighted by molar-refractivity contribution is 7.92. The average molecular weight is 568 g/mol. The maximum Gasteiger partial charge on any atom is 0.264 e. The lowest BCUT2D eigenvalue weighted by Gasteiger charge is -2.24. The Morgan fingerprint density at radius 2 is 1.59 bits per heavy atom. The molecule has 2 aliphatic rings. The third-order valence-corrected chi connectivity index (χ3v) is 9.56. The van der Waals surface area contributed by atoms with Crippen LogP contribution in [0, 0.1) is 0 Å². The maximum atomic E-state index is 13.4. The minimum atomic E-state index is -3.73. The molecule has 208 valence electrons. The Morgan fingerprint density at radius 3 is 2.32 bits per heavy atom. The Balaban J connectivity index is 1.21. The first-order valence-electron chi connectivity index (χ1n) is 13.4. The lowest BCUT2D eigenvalue weighted by molar-refractivity contribution is 0.0988. The van der Waals surface area contributed by atoms with Crippen LogP contribution in [0.25, 0.3) is 0 Å². The quantitative estimate of drug-likeness (QED) is 0.342. The molecule has 0 aromatic heterocycles. The predicted molar refractivity (Wildman–Crippen MR) is 158 cm³/mol. The first-order valence-corrected chi connectivity index (χ1v) is 14.8. The van der Waals surface area contributed by atoms with Crippen molar-refractivity contribution in [2.45, 2.75) is 30.7 Å². The van der Waals surface area contributed by atoms with Gasteiger partial charge in [-0.15, -0.1) is 0 Å². The minimum absolute atomic E-state index is 0.113. The van der Waals surface area contributed by atoms with Crippen molar-refractivity contribution in [3.8, 4) is 5.75 Å². The second-order valence-electron chi connectivity index (χ2n) is 10.2. The van der Waals surface area contributed by atoms with E-state index in [0.29, 0.717) is 41.2 Å². The smallest absolute Gasteiger partial charge is 0.264 e. The van der Waals surface area contributed by atoms with E-state index in [1.165, 1.54) is 4.31 Å². The summed E-state index contributed by atoms with van der Waals surface area (Å²) in [6.07, 6.45) is 1.24. The van der Waals surface area contributed by atoms with Crippen LogP contribution in [0.2, 0.25) is 0 Å². The Morgan fingerprint density at radius 1 is 0.854 bits per heavy atom. The number of nitrogens with one attached hydrogen (secondary N) is 1. The van der Waals surface area contributed by atoms with Crippen LogP contribution < -0.4 is 19.3 Å². The third kappa shape index (κ3) is 4.82. The van der Waals surface area contributed by atoms with Crippen LogP contribution in [0.3, 0.4) is 0 Å². The Hall–Kier alpha value is -4.63. The van der Waals surface area contributed by atoms with Crippen LogP contribution in [-0.2, 0) is 22.9 Å². The van der Waals surface area contributed by atoms with Gasteiger partial charge in [-0.3, -0.25) is 13.9 Å². The zero-order valence-electron chi connectivity index (χ0n) is 22.7. The number of anilines is 3. The van der Waals surface area contributed by atoms with Crippen molar-refractivity contribution < 1.29 is 22.7 Å². The van der Waals surface area contributed by atoms with Crippen LogP contribution in [0.5, 0.6) is 5.75 Å². The number of hydrogen-bond acceptors (Lipinski definition) is 5. The summed E-state index contributed by atoms with van der Waals surface area (Å²) in [5.74, 6) is 0.258. The van der Waals surface area contributed by atoms with Crippen LogP contribution in [0.1, 0.15) is 38.8 Å². The summed E-state index contributed by atoms with van der Waals surface area (Å²) in [6.45, 7) is 2.42. The maximum absolute atomic E-state index is 13.4. The second kappa shape index (κ2) is 10.4. The first-order chi connectivity index (χ1) is 19.8. The van der Waals surface area contributed by atoms with E-state index in [1.807, 2.05) is 25.1 Å². The van der Waals surface area contributed by atoms with Gasteiger partial charge in [0.15, 0.2) is 0 Å². The number of methoxy groups -OCH3 is 1. The molecule has 6 rings (SSSR count). The molecular formula is C32H29N3O5S. The minimum Gasteiger partial charge on any atom is -0.497 e. The van der Waals surface area contributed by atoms with Crippen LogP contribution in [0.15, 0.2) is 95.9 Å². The van der Waals surface area contributed by atoms with Gasteiger partial charge in [0, 0.05) is 35.1 Å². The summed E-state index contributed by atoms with van der Waals surface area (Å²) < 4.78 is 33.4. The fraction of sp³-hybridized carbons (Fsp3) is 0.188. The number of carbonyl (C=O) groups excluding carboxylic acids is 2. The Labute approximate surface area is 239 Å². The zero-order valence-corrected chi connectivity index (χ0v) is 23.5. The van der Waals surface area contributed by atoms with Gasteiger partial charge < -0.3 is 15.0 Å². The first kappa shape index (κ1) is 26.6. The van der Waals surface area contributed by atoms with E-state index < -0.39 is 10.0 Å². The number of hydrogen-bond donors (Lipinski definition) is 1. The molecule has 1 atom stereocenters. The van der Waals surface area contributed by atoms with Crippen molar-refractivity contribution in [3.05, 3.63) is 113 Å². The molecule has 4 aromatic rings. The van der Waals surface area contributed by atoms with E-state index in [9.17, 15) is 18.0 Å². The Kier molecular flexibility index (Phi) is 6.75. The molecule has 0 radical (unpaired) electrons. The number of carbonyl (C=O) groups is 2. The highest BCUT2D eigenvalue weighted by Crippen LogP contribution is 2.38. The van der Waals surface area contributed by atoms with Gasteiger partial charge in [0.05, 0.1) is 17.7 Å². The van der Waals surface area contributed by atoms with Gasteiger partial charge in [0.1, 0.15) is 5.75 Å². The number of ether oxygens (including phenoxy) is 1. The van der Waals surface area contributed by atoms with E-state index in [2.05, 4.69) is 5.32 Å². The number of benzene rings is 4. The molecule has 4 aromatic carbocycles. The molecule has 0 saturated heterocycles. The molecule has 9 heteroatoms. The summed E-state index contributed by atoms with van der Waals surface area (Å²) in [7, 11) is -2.15. The number of rotatable bonds is 6. The number of fused-ring (bicyclic) bond motifs is 2. The summed E-state index contributed by atoms with van der Waals surface area (Å²) in [5.41, 5.74) is 4.76. The van der Waals surface area contributed by atoms with Crippen molar-refractivity contribution in [3.63, 3.8) is 0 Å². The topological polar surface area (TPSA) is 96.0 Å².